The molecule has 8 nitrogen and oxygen atoms in total. The molecule has 1 aliphatic heterocycles. The summed E-state index contributed by atoms with van der Waals surface area (Å²) in [4.78, 5) is 15.3. The van der Waals surface area contributed by atoms with E-state index in [1.54, 1.807) is 24.4 Å². The molecule has 3 aromatic rings. The van der Waals surface area contributed by atoms with Gasteiger partial charge in [0, 0.05) is 29.4 Å². The van der Waals surface area contributed by atoms with Crippen molar-refractivity contribution >= 4 is 53.8 Å². The minimum absolute atomic E-state index is 0. The van der Waals surface area contributed by atoms with E-state index in [1.165, 1.54) is 12.1 Å². The average molecular weight is 464 g/mol. The van der Waals surface area contributed by atoms with Crippen LogP contribution in [0.3, 0.4) is 0 Å². The number of halogens is 3. The van der Waals surface area contributed by atoms with Gasteiger partial charge in [-0.1, -0.05) is 29.8 Å². The van der Waals surface area contributed by atoms with Crippen LogP contribution in [0.15, 0.2) is 53.6 Å². The van der Waals surface area contributed by atoms with Crippen LogP contribution >= 0.6 is 24.0 Å². The van der Waals surface area contributed by atoms with Gasteiger partial charge in [0.2, 0.25) is 17.8 Å². The standard InChI is InChI=1S/C20H19ClFN7O.ClH/c21-17-4-2-1-3-14(17)13-23-28-19-25-18(24-16-7-5-15(22)6-8-16)26-20(27-19)29-9-11-30-12-10-29;/h1-8,13H,9-12H2,(H2,24,25,26,27,28);1H/b23-13+;. The van der Waals surface area contributed by atoms with Gasteiger partial charge in [-0.3, -0.25) is 0 Å². The number of anilines is 4. The van der Waals surface area contributed by atoms with Crippen LogP contribution in [-0.2, 0) is 4.74 Å². The Morgan fingerprint density at radius 3 is 2.45 bits per heavy atom. The Hall–Kier alpha value is -3.01. The average Bonchev–Trinajstić information content (AvgIpc) is 2.77. The highest BCUT2D eigenvalue weighted by Gasteiger charge is 2.16. The van der Waals surface area contributed by atoms with Crippen molar-refractivity contribution in [1.82, 2.24) is 15.0 Å². The highest BCUT2D eigenvalue weighted by atomic mass is 35.5. The van der Waals surface area contributed by atoms with Gasteiger partial charge in [0.1, 0.15) is 5.82 Å². The zero-order valence-electron chi connectivity index (χ0n) is 16.3. The lowest BCUT2D eigenvalue weighted by Gasteiger charge is -2.27. The molecule has 1 aliphatic rings. The first-order valence-electron chi connectivity index (χ1n) is 9.32. The number of aromatic nitrogens is 3. The number of hydrogen-bond acceptors (Lipinski definition) is 8. The predicted octanol–water partition coefficient (Wildman–Crippen LogP) is 4.11. The van der Waals surface area contributed by atoms with Gasteiger partial charge in [-0.15, -0.1) is 12.4 Å². The summed E-state index contributed by atoms with van der Waals surface area (Å²) < 4.78 is 18.6. The second kappa shape index (κ2) is 10.9. The molecule has 2 aromatic carbocycles. The van der Waals surface area contributed by atoms with E-state index < -0.39 is 0 Å². The summed E-state index contributed by atoms with van der Waals surface area (Å²) in [5.74, 6) is 0.753. The van der Waals surface area contributed by atoms with Crippen LogP contribution in [0.25, 0.3) is 0 Å². The summed E-state index contributed by atoms with van der Waals surface area (Å²) in [5.41, 5.74) is 4.24. The number of rotatable bonds is 6. The number of hydrogen-bond donors (Lipinski definition) is 2. The molecule has 0 unspecified atom stereocenters. The summed E-state index contributed by atoms with van der Waals surface area (Å²) in [5, 5.41) is 7.84. The molecule has 0 bridgehead atoms. The Morgan fingerprint density at radius 1 is 1.00 bits per heavy atom. The van der Waals surface area contributed by atoms with E-state index in [4.69, 9.17) is 16.3 Å². The lowest BCUT2D eigenvalue weighted by molar-refractivity contribution is 0.122. The third-order valence-electron chi connectivity index (χ3n) is 4.29. The number of ether oxygens (including phenoxy) is 1. The minimum Gasteiger partial charge on any atom is -0.378 e. The molecule has 162 valence electrons. The first-order valence-corrected chi connectivity index (χ1v) is 9.70. The van der Waals surface area contributed by atoms with E-state index in [0.717, 1.165) is 5.56 Å². The van der Waals surface area contributed by atoms with Crippen molar-refractivity contribution in [3.63, 3.8) is 0 Å². The fourth-order valence-electron chi connectivity index (χ4n) is 2.78. The van der Waals surface area contributed by atoms with Crippen molar-refractivity contribution in [3.8, 4) is 0 Å². The van der Waals surface area contributed by atoms with Crippen LogP contribution in [0.4, 0.5) is 27.9 Å². The molecule has 0 saturated carbocycles. The number of nitrogens with zero attached hydrogens (tertiary/aromatic N) is 5. The SMILES string of the molecule is Cl.Fc1ccc(Nc2nc(N/N=C/c3ccccc3Cl)nc(N3CCOCC3)n2)cc1. The molecule has 1 saturated heterocycles. The summed E-state index contributed by atoms with van der Waals surface area (Å²) >= 11 is 6.14. The number of morpholine rings is 1. The molecule has 4 rings (SSSR count). The van der Waals surface area contributed by atoms with E-state index in [0.29, 0.717) is 48.9 Å². The minimum atomic E-state index is -0.318. The van der Waals surface area contributed by atoms with Gasteiger partial charge in [-0.2, -0.15) is 20.1 Å². The van der Waals surface area contributed by atoms with Gasteiger partial charge < -0.3 is 15.0 Å². The molecule has 0 spiro atoms. The molecule has 31 heavy (non-hydrogen) atoms. The van der Waals surface area contributed by atoms with Gasteiger partial charge in [0.25, 0.3) is 0 Å². The first kappa shape index (κ1) is 22.7. The van der Waals surface area contributed by atoms with Crippen molar-refractivity contribution in [3.05, 3.63) is 64.9 Å². The van der Waals surface area contributed by atoms with E-state index in [-0.39, 0.29) is 24.2 Å². The van der Waals surface area contributed by atoms with Crippen LogP contribution in [0.2, 0.25) is 5.02 Å². The van der Waals surface area contributed by atoms with Crippen molar-refractivity contribution in [2.45, 2.75) is 0 Å². The molecule has 0 amide bonds. The second-order valence-corrected chi connectivity index (χ2v) is 6.81. The van der Waals surface area contributed by atoms with Crippen molar-refractivity contribution in [2.75, 3.05) is 41.9 Å². The molecular weight excluding hydrogens is 444 g/mol. The molecule has 1 fully saturated rings. The maximum Gasteiger partial charge on any atom is 0.250 e. The van der Waals surface area contributed by atoms with Crippen LogP contribution in [0.5, 0.6) is 0 Å². The summed E-state index contributed by atoms with van der Waals surface area (Å²) in [6.45, 7) is 2.53. The maximum atomic E-state index is 13.2. The van der Waals surface area contributed by atoms with Gasteiger partial charge in [-0.05, 0) is 30.3 Å². The first-order chi connectivity index (χ1) is 14.7. The molecule has 2 N–H and O–H groups in total. The Morgan fingerprint density at radius 2 is 1.71 bits per heavy atom. The van der Waals surface area contributed by atoms with Gasteiger partial charge >= 0.3 is 0 Å². The van der Waals surface area contributed by atoms with Crippen LogP contribution in [0, 0.1) is 5.82 Å². The molecule has 0 aliphatic carbocycles. The second-order valence-electron chi connectivity index (χ2n) is 6.41. The summed E-state index contributed by atoms with van der Waals surface area (Å²) in [7, 11) is 0. The summed E-state index contributed by atoms with van der Waals surface area (Å²) in [6.07, 6.45) is 1.59. The lowest BCUT2D eigenvalue weighted by atomic mass is 10.2. The molecule has 11 heteroatoms. The highest BCUT2D eigenvalue weighted by molar-refractivity contribution is 6.33. The van der Waals surface area contributed by atoms with Gasteiger partial charge in [-0.25, -0.2) is 9.82 Å². The predicted molar refractivity (Wildman–Crippen MR) is 122 cm³/mol. The maximum absolute atomic E-state index is 13.2. The van der Waals surface area contributed by atoms with Crippen molar-refractivity contribution in [2.24, 2.45) is 5.10 Å². The highest BCUT2D eigenvalue weighted by Crippen LogP contribution is 2.19. The monoisotopic (exact) mass is 463 g/mol. The van der Waals surface area contributed by atoms with Crippen molar-refractivity contribution < 1.29 is 9.13 Å². The smallest absolute Gasteiger partial charge is 0.250 e. The van der Waals surface area contributed by atoms with Crippen molar-refractivity contribution in [1.29, 1.82) is 0 Å². The molecule has 2 heterocycles. The van der Waals surface area contributed by atoms with E-state index >= 15 is 0 Å². The van der Waals surface area contributed by atoms with E-state index in [1.807, 2.05) is 23.1 Å². The Bertz CT molecular complexity index is 1030. The lowest BCUT2D eigenvalue weighted by Crippen LogP contribution is -2.37. The molecule has 1 aromatic heterocycles. The van der Waals surface area contributed by atoms with E-state index in [2.05, 4.69) is 30.8 Å². The largest absolute Gasteiger partial charge is 0.378 e. The fraction of sp³-hybridized carbons (Fsp3) is 0.200. The Labute approximate surface area is 189 Å². The number of nitrogens with one attached hydrogen (secondary N) is 2. The zero-order chi connectivity index (χ0) is 20.8. The molecular formula is C20H20Cl2FN7O. The third kappa shape index (κ3) is 6.24. The van der Waals surface area contributed by atoms with Crippen LogP contribution in [0.1, 0.15) is 5.56 Å². The van der Waals surface area contributed by atoms with Crippen LogP contribution in [-0.4, -0.2) is 47.5 Å². The fourth-order valence-corrected chi connectivity index (χ4v) is 2.96. The van der Waals surface area contributed by atoms with Gasteiger partial charge in [0.15, 0.2) is 0 Å². The van der Waals surface area contributed by atoms with Gasteiger partial charge in [0.05, 0.1) is 19.4 Å². The number of benzene rings is 2. The zero-order valence-corrected chi connectivity index (χ0v) is 17.9. The van der Waals surface area contributed by atoms with E-state index in [9.17, 15) is 4.39 Å². The third-order valence-corrected chi connectivity index (χ3v) is 4.64. The Kier molecular flexibility index (Phi) is 7.94. The summed E-state index contributed by atoms with van der Waals surface area (Å²) in [6, 6.07) is 13.3. The molecule has 0 radical (unpaired) electrons. The van der Waals surface area contributed by atoms with Crippen LogP contribution < -0.4 is 15.6 Å². The Balaban J connectivity index is 0.00000272. The molecule has 0 atom stereocenters. The topological polar surface area (TPSA) is 87.6 Å². The number of hydrazone groups is 1. The normalized spacial score (nSPS) is 13.7. The quantitative estimate of drug-likeness (QED) is 0.419.